The molecule has 0 N–H and O–H groups in total. The summed E-state index contributed by atoms with van der Waals surface area (Å²) in [6, 6.07) is 13.4. The molecule has 0 radical (unpaired) electrons. The number of ether oxygens (including phenoxy) is 2. The topological polar surface area (TPSA) is 60.1 Å². The highest BCUT2D eigenvalue weighted by molar-refractivity contribution is 5.82. The SMILES string of the molecule is Cn1c(-c2ccc3c(c2)OCO3)nc2ccc(C#N)cc21. The number of nitrogens with zero attached hydrogens (tertiary/aromatic N) is 3. The van der Waals surface area contributed by atoms with Crippen molar-refractivity contribution in [2.24, 2.45) is 7.05 Å². The first-order valence-corrected chi connectivity index (χ1v) is 6.53. The van der Waals surface area contributed by atoms with Crippen LogP contribution >= 0.6 is 0 Å². The van der Waals surface area contributed by atoms with Gasteiger partial charge in [0, 0.05) is 12.6 Å². The summed E-state index contributed by atoms with van der Waals surface area (Å²) in [5.41, 5.74) is 3.38. The molecule has 5 heteroatoms. The standard InChI is InChI=1S/C16H11N3O2/c1-19-13-6-10(8-17)2-4-12(13)18-16(19)11-3-5-14-15(7-11)21-9-20-14/h2-7H,9H2,1H3. The van der Waals surface area contributed by atoms with Gasteiger partial charge in [0.15, 0.2) is 11.5 Å². The van der Waals surface area contributed by atoms with E-state index in [1.165, 1.54) is 0 Å². The molecule has 0 spiro atoms. The molecule has 0 saturated carbocycles. The molecule has 5 nitrogen and oxygen atoms in total. The Kier molecular flexibility index (Phi) is 2.39. The van der Waals surface area contributed by atoms with E-state index < -0.39 is 0 Å². The number of imidazole rings is 1. The molecule has 0 saturated heterocycles. The van der Waals surface area contributed by atoms with Gasteiger partial charge in [-0.25, -0.2) is 4.98 Å². The summed E-state index contributed by atoms with van der Waals surface area (Å²) < 4.78 is 12.7. The molecule has 2 aromatic carbocycles. The maximum atomic E-state index is 9.01. The fourth-order valence-corrected chi connectivity index (χ4v) is 2.55. The Labute approximate surface area is 121 Å². The van der Waals surface area contributed by atoms with Crippen molar-refractivity contribution in [3.63, 3.8) is 0 Å². The molecule has 102 valence electrons. The highest BCUT2D eigenvalue weighted by atomic mass is 16.7. The summed E-state index contributed by atoms with van der Waals surface area (Å²) in [4.78, 5) is 4.64. The van der Waals surface area contributed by atoms with Gasteiger partial charge in [-0.1, -0.05) is 0 Å². The Morgan fingerprint density at radius 3 is 2.86 bits per heavy atom. The molecular weight excluding hydrogens is 266 g/mol. The average molecular weight is 277 g/mol. The molecule has 4 rings (SSSR count). The van der Waals surface area contributed by atoms with Crippen molar-refractivity contribution in [3.05, 3.63) is 42.0 Å². The lowest BCUT2D eigenvalue weighted by molar-refractivity contribution is 0.174. The van der Waals surface area contributed by atoms with Crippen LogP contribution in [-0.2, 0) is 7.05 Å². The molecule has 1 aliphatic rings. The largest absolute Gasteiger partial charge is 0.454 e. The molecule has 0 amide bonds. The number of nitriles is 1. The van der Waals surface area contributed by atoms with Crippen LogP contribution < -0.4 is 9.47 Å². The zero-order chi connectivity index (χ0) is 14.4. The van der Waals surface area contributed by atoms with Gasteiger partial charge in [0.25, 0.3) is 0 Å². The first-order valence-electron chi connectivity index (χ1n) is 6.53. The van der Waals surface area contributed by atoms with Gasteiger partial charge in [0.05, 0.1) is 22.7 Å². The zero-order valence-electron chi connectivity index (χ0n) is 11.3. The van der Waals surface area contributed by atoms with Crippen LogP contribution in [0.15, 0.2) is 36.4 Å². The van der Waals surface area contributed by atoms with Crippen LogP contribution in [0.3, 0.4) is 0 Å². The van der Waals surface area contributed by atoms with E-state index >= 15 is 0 Å². The minimum Gasteiger partial charge on any atom is -0.454 e. The number of hydrogen-bond donors (Lipinski definition) is 0. The third-order valence-corrected chi connectivity index (χ3v) is 3.64. The molecule has 0 fully saturated rings. The minimum absolute atomic E-state index is 0.257. The van der Waals surface area contributed by atoms with Crippen molar-refractivity contribution in [1.29, 1.82) is 5.26 Å². The van der Waals surface area contributed by atoms with E-state index in [1.54, 1.807) is 6.07 Å². The summed E-state index contributed by atoms with van der Waals surface area (Å²) >= 11 is 0. The predicted molar refractivity (Wildman–Crippen MR) is 77.0 cm³/mol. The van der Waals surface area contributed by atoms with Gasteiger partial charge in [-0.15, -0.1) is 0 Å². The summed E-state index contributed by atoms with van der Waals surface area (Å²) in [5.74, 6) is 2.32. The Morgan fingerprint density at radius 1 is 1.14 bits per heavy atom. The van der Waals surface area contributed by atoms with E-state index in [0.29, 0.717) is 5.56 Å². The van der Waals surface area contributed by atoms with Gasteiger partial charge < -0.3 is 14.0 Å². The van der Waals surface area contributed by atoms with Gasteiger partial charge in [0.2, 0.25) is 6.79 Å². The van der Waals surface area contributed by atoms with Crippen molar-refractivity contribution in [2.45, 2.75) is 0 Å². The van der Waals surface area contributed by atoms with Gasteiger partial charge in [-0.2, -0.15) is 5.26 Å². The number of hydrogen-bond acceptors (Lipinski definition) is 4. The van der Waals surface area contributed by atoms with Gasteiger partial charge in [-0.05, 0) is 36.4 Å². The maximum Gasteiger partial charge on any atom is 0.231 e. The molecule has 1 aliphatic heterocycles. The first-order chi connectivity index (χ1) is 10.3. The smallest absolute Gasteiger partial charge is 0.231 e. The normalized spacial score (nSPS) is 12.6. The van der Waals surface area contributed by atoms with E-state index in [-0.39, 0.29) is 6.79 Å². The van der Waals surface area contributed by atoms with Crippen LogP contribution in [0.5, 0.6) is 11.5 Å². The quantitative estimate of drug-likeness (QED) is 0.686. The molecule has 0 atom stereocenters. The summed E-state index contributed by atoms with van der Waals surface area (Å²) in [6.07, 6.45) is 0. The fourth-order valence-electron chi connectivity index (χ4n) is 2.55. The molecule has 0 unspecified atom stereocenters. The Hall–Kier alpha value is -3.00. The molecular formula is C16H11N3O2. The fraction of sp³-hybridized carbons (Fsp3) is 0.125. The van der Waals surface area contributed by atoms with Crippen molar-refractivity contribution in [2.75, 3.05) is 6.79 Å². The highest BCUT2D eigenvalue weighted by Crippen LogP contribution is 2.36. The van der Waals surface area contributed by atoms with Gasteiger partial charge in [0.1, 0.15) is 5.82 Å². The van der Waals surface area contributed by atoms with E-state index in [2.05, 4.69) is 11.1 Å². The lowest BCUT2D eigenvalue weighted by atomic mass is 10.2. The van der Waals surface area contributed by atoms with Crippen LogP contribution in [0, 0.1) is 11.3 Å². The second-order valence-corrected chi connectivity index (χ2v) is 4.88. The maximum absolute atomic E-state index is 9.01. The minimum atomic E-state index is 0.257. The van der Waals surface area contributed by atoms with E-state index in [9.17, 15) is 0 Å². The molecule has 21 heavy (non-hydrogen) atoms. The van der Waals surface area contributed by atoms with Crippen LogP contribution in [0.4, 0.5) is 0 Å². The number of benzene rings is 2. The number of aryl methyl sites for hydroxylation is 1. The van der Waals surface area contributed by atoms with Crippen molar-refractivity contribution < 1.29 is 9.47 Å². The second-order valence-electron chi connectivity index (χ2n) is 4.88. The summed E-state index contributed by atoms with van der Waals surface area (Å²) in [6.45, 7) is 0.257. The lowest BCUT2D eigenvalue weighted by Crippen LogP contribution is -1.93. The first kappa shape index (κ1) is 11.8. The number of aromatic nitrogens is 2. The lowest BCUT2D eigenvalue weighted by Gasteiger charge is -2.04. The second kappa shape index (κ2) is 4.25. The van der Waals surface area contributed by atoms with Crippen LogP contribution in [0.1, 0.15) is 5.56 Å². The highest BCUT2D eigenvalue weighted by Gasteiger charge is 2.16. The summed E-state index contributed by atoms with van der Waals surface area (Å²) in [7, 11) is 1.94. The zero-order valence-corrected chi connectivity index (χ0v) is 11.3. The van der Waals surface area contributed by atoms with Crippen molar-refractivity contribution >= 4 is 11.0 Å². The molecule has 0 aliphatic carbocycles. The Balaban J connectivity index is 1.91. The van der Waals surface area contributed by atoms with Crippen molar-refractivity contribution in [1.82, 2.24) is 9.55 Å². The van der Waals surface area contributed by atoms with Gasteiger partial charge in [-0.3, -0.25) is 0 Å². The van der Waals surface area contributed by atoms with E-state index in [0.717, 1.165) is 33.9 Å². The van der Waals surface area contributed by atoms with Crippen LogP contribution in [0.2, 0.25) is 0 Å². The third kappa shape index (κ3) is 1.73. The molecule has 0 bridgehead atoms. The van der Waals surface area contributed by atoms with Gasteiger partial charge >= 0.3 is 0 Å². The molecule has 1 aromatic heterocycles. The van der Waals surface area contributed by atoms with E-state index in [4.69, 9.17) is 14.7 Å². The number of fused-ring (bicyclic) bond motifs is 2. The summed E-state index contributed by atoms with van der Waals surface area (Å²) in [5, 5.41) is 9.01. The Bertz CT molecular complexity index is 906. The van der Waals surface area contributed by atoms with Crippen LogP contribution in [0.25, 0.3) is 22.4 Å². The average Bonchev–Trinajstić information content (AvgIpc) is 3.11. The predicted octanol–water partition coefficient (Wildman–Crippen LogP) is 2.84. The third-order valence-electron chi connectivity index (χ3n) is 3.64. The van der Waals surface area contributed by atoms with E-state index in [1.807, 2.05) is 41.9 Å². The molecule has 2 heterocycles. The molecule has 3 aromatic rings. The van der Waals surface area contributed by atoms with Crippen molar-refractivity contribution in [3.8, 4) is 29.0 Å². The monoisotopic (exact) mass is 277 g/mol. The van der Waals surface area contributed by atoms with Crippen LogP contribution in [-0.4, -0.2) is 16.3 Å². The Morgan fingerprint density at radius 2 is 2.00 bits per heavy atom. The number of rotatable bonds is 1.